The van der Waals surface area contributed by atoms with Gasteiger partial charge in [-0.2, -0.15) is 0 Å². The third-order valence-electron chi connectivity index (χ3n) is 5.49. The zero-order valence-electron chi connectivity index (χ0n) is 18.8. The summed E-state index contributed by atoms with van der Waals surface area (Å²) in [4.78, 5) is 28.3. The molecule has 0 unspecified atom stereocenters. The average molecular weight is 461 g/mol. The molecule has 4 rings (SSSR count). The number of ether oxygens (including phenoxy) is 1. The van der Waals surface area contributed by atoms with Crippen LogP contribution in [0.15, 0.2) is 72.4 Å². The molecule has 0 aromatic heterocycles. The van der Waals surface area contributed by atoms with E-state index in [4.69, 9.17) is 16.3 Å². The minimum absolute atomic E-state index is 0.217. The van der Waals surface area contributed by atoms with E-state index in [-0.39, 0.29) is 11.6 Å². The van der Waals surface area contributed by atoms with E-state index < -0.39 is 5.91 Å². The zero-order chi connectivity index (χ0) is 23.5. The third kappa shape index (κ3) is 4.50. The Morgan fingerprint density at radius 1 is 0.939 bits per heavy atom. The van der Waals surface area contributed by atoms with Gasteiger partial charge in [0.1, 0.15) is 11.4 Å². The molecule has 0 saturated carbocycles. The Morgan fingerprint density at radius 3 is 2.36 bits per heavy atom. The molecular weight excluding hydrogens is 436 g/mol. The second-order valence-corrected chi connectivity index (χ2v) is 8.35. The molecule has 2 amide bonds. The number of hydrogen-bond acceptors (Lipinski definition) is 4. The lowest BCUT2D eigenvalue weighted by Gasteiger charge is -2.16. The standard InChI is InChI=1S/C27H25ClN2O3/c1-4-15-33-21-13-11-19(12-14-21)24-25(29-23-10-6-9-22(28)18(23)3)27(32)30(26(24)31)20-8-5-7-17(2)16-20/h5-14,16,29H,4,15H2,1-3H3. The average Bonchev–Trinajstić information content (AvgIpc) is 3.05. The summed E-state index contributed by atoms with van der Waals surface area (Å²) >= 11 is 6.29. The van der Waals surface area contributed by atoms with Crippen LogP contribution in [-0.4, -0.2) is 18.4 Å². The number of nitrogens with one attached hydrogen (secondary N) is 1. The Morgan fingerprint density at radius 2 is 1.67 bits per heavy atom. The van der Waals surface area contributed by atoms with Gasteiger partial charge in [0.2, 0.25) is 0 Å². The molecule has 0 bridgehead atoms. The summed E-state index contributed by atoms with van der Waals surface area (Å²) in [5.74, 6) is -0.0741. The molecule has 0 radical (unpaired) electrons. The molecule has 1 aliphatic heterocycles. The number of anilines is 2. The number of nitrogens with zero attached hydrogens (tertiary/aromatic N) is 1. The van der Waals surface area contributed by atoms with Crippen molar-refractivity contribution in [3.05, 3.63) is 94.1 Å². The molecule has 0 atom stereocenters. The highest BCUT2D eigenvalue weighted by Crippen LogP contribution is 2.35. The number of aryl methyl sites for hydroxylation is 1. The van der Waals surface area contributed by atoms with E-state index in [0.29, 0.717) is 39.9 Å². The van der Waals surface area contributed by atoms with Crippen molar-refractivity contribution < 1.29 is 14.3 Å². The van der Waals surface area contributed by atoms with Crippen molar-refractivity contribution in [3.63, 3.8) is 0 Å². The van der Waals surface area contributed by atoms with Crippen molar-refractivity contribution in [3.8, 4) is 5.75 Å². The maximum atomic E-state index is 13.6. The fourth-order valence-electron chi connectivity index (χ4n) is 3.73. The van der Waals surface area contributed by atoms with Crippen molar-refractivity contribution in [1.29, 1.82) is 0 Å². The molecule has 0 aliphatic carbocycles. The van der Waals surface area contributed by atoms with Crippen LogP contribution in [0.4, 0.5) is 11.4 Å². The summed E-state index contributed by atoms with van der Waals surface area (Å²) in [6.07, 6.45) is 0.901. The lowest BCUT2D eigenvalue weighted by molar-refractivity contribution is -0.120. The fourth-order valence-corrected chi connectivity index (χ4v) is 3.90. The quantitative estimate of drug-likeness (QED) is 0.430. The van der Waals surface area contributed by atoms with Crippen molar-refractivity contribution in [2.24, 2.45) is 0 Å². The monoisotopic (exact) mass is 460 g/mol. The molecule has 1 aliphatic rings. The number of hydrogen-bond donors (Lipinski definition) is 1. The van der Waals surface area contributed by atoms with E-state index in [2.05, 4.69) is 5.32 Å². The van der Waals surface area contributed by atoms with Gasteiger partial charge in [0.25, 0.3) is 11.8 Å². The summed E-state index contributed by atoms with van der Waals surface area (Å²) in [5, 5.41) is 3.77. The SMILES string of the molecule is CCCOc1ccc(C2=C(Nc3cccc(Cl)c3C)C(=O)N(c3cccc(C)c3)C2=O)cc1. The van der Waals surface area contributed by atoms with Crippen LogP contribution in [0.1, 0.15) is 30.0 Å². The minimum Gasteiger partial charge on any atom is -0.494 e. The number of benzene rings is 3. The summed E-state index contributed by atoms with van der Waals surface area (Å²) in [6, 6.07) is 20.0. The number of imide groups is 1. The second-order valence-electron chi connectivity index (χ2n) is 7.94. The summed E-state index contributed by atoms with van der Waals surface area (Å²) in [6.45, 7) is 6.44. The molecule has 3 aromatic rings. The predicted octanol–water partition coefficient (Wildman–Crippen LogP) is 6.14. The topological polar surface area (TPSA) is 58.6 Å². The van der Waals surface area contributed by atoms with Gasteiger partial charge in [-0.1, -0.05) is 48.9 Å². The summed E-state index contributed by atoms with van der Waals surface area (Å²) in [7, 11) is 0. The molecule has 33 heavy (non-hydrogen) atoms. The van der Waals surface area contributed by atoms with Crippen LogP contribution in [0.5, 0.6) is 5.75 Å². The molecule has 5 nitrogen and oxygen atoms in total. The lowest BCUT2D eigenvalue weighted by atomic mass is 10.0. The first-order valence-corrected chi connectivity index (χ1v) is 11.2. The molecule has 0 fully saturated rings. The van der Waals surface area contributed by atoms with Crippen LogP contribution in [-0.2, 0) is 9.59 Å². The Hall–Kier alpha value is -3.57. The van der Waals surface area contributed by atoms with Crippen LogP contribution in [0, 0.1) is 13.8 Å². The van der Waals surface area contributed by atoms with Gasteiger partial charge in [-0.25, -0.2) is 4.90 Å². The van der Waals surface area contributed by atoms with Crippen molar-refractivity contribution in [1.82, 2.24) is 0 Å². The Bertz CT molecular complexity index is 1250. The van der Waals surface area contributed by atoms with Crippen molar-refractivity contribution in [2.45, 2.75) is 27.2 Å². The predicted molar refractivity (Wildman–Crippen MR) is 133 cm³/mol. The first-order chi connectivity index (χ1) is 15.9. The van der Waals surface area contributed by atoms with Crippen molar-refractivity contribution >= 4 is 40.4 Å². The van der Waals surface area contributed by atoms with Crippen LogP contribution in [0.3, 0.4) is 0 Å². The number of carbonyl (C=O) groups is 2. The number of halogens is 1. The number of amides is 2. The lowest BCUT2D eigenvalue weighted by Crippen LogP contribution is -2.32. The molecule has 6 heteroatoms. The molecule has 1 heterocycles. The van der Waals surface area contributed by atoms with E-state index in [0.717, 1.165) is 17.5 Å². The van der Waals surface area contributed by atoms with E-state index >= 15 is 0 Å². The van der Waals surface area contributed by atoms with Crippen LogP contribution in [0.2, 0.25) is 5.02 Å². The van der Waals surface area contributed by atoms with Crippen LogP contribution >= 0.6 is 11.6 Å². The third-order valence-corrected chi connectivity index (χ3v) is 5.90. The fraction of sp³-hybridized carbons (Fsp3) is 0.185. The van der Waals surface area contributed by atoms with E-state index in [9.17, 15) is 9.59 Å². The molecule has 0 spiro atoms. The number of carbonyl (C=O) groups excluding carboxylic acids is 2. The van der Waals surface area contributed by atoms with Gasteiger partial charge in [0.05, 0.1) is 17.9 Å². The van der Waals surface area contributed by atoms with Gasteiger partial charge in [-0.3, -0.25) is 9.59 Å². The van der Waals surface area contributed by atoms with Gasteiger partial charge in [-0.05, 0) is 73.4 Å². The van der Waals surface area contributed by atoms with Crippen LogP contribution < -0.4 is 15.0 Å². The van der Waals surface area contributed by atoms with Crippen LogP contribution in [0.25, 0.3) is 5.57 Å². The molecular formula is C27H25ClN2O3. The number of rotatable bonds is 7. The van der Waals surface area contributed by atoms with E-state index in [1.165, 1.54) is 4.90 Å². The first-order valence-electron chi connectivity index (χ1n) is 10.9. The van der Waals surface area contributed by atoms with Gasteiger partial charge in [0, 0.05) is 10.7 Å². The molecule has 3 aromatic carbocycles. The Labute approximate surface area is 198 Å². The largest absolute Gasteiger partial charge is 0.494 e. The highest BCUT2D eigenvalue weighted by atomic mass is 35.5. The van der Waals surface area contributed by atoms with Gasteiger partial charge < -0.3 is 10.1 Å². The Balaban J connectivity index is 1.79. The van der Waals surface area contributed by atoms with Gasteiger partial charge >= 0.3 is 0 Å². The van der Waals surface area contributed by atoms with Gasteiger partial charge in [0.15, 0.2) is 0 Å². The summed E-state index contributed by atoms with van der Waals surface area (Å²) in [5.41, 5.74) is 4.12. The highest BCUT2D eigenvalue weighted by Gasteiger charge is 2.40. The molecule has 168 valence electrons. The zero-order valence-corrected chi connectivity index (χ0v) is 19.6. The normalized spacial score (nSPS) is 13.6. The molecule has 0 saturated heterocycles. The van der Waals surface area contributed by atoms with E-state index in [1.807, 2.05) is 57.2 Å². The summed E-state index contributed by atoms with van der Waals surface area (Å²) < 4.78 is 5.67. The smallest absolute Gasteiger partial charge is 0.282 e. The molecule has 1 N–H and O–H groups in total. The van der Waals surface area contributed by atoms with Gasteiger partial charge in [-0.15, -0.1) is 0 Å². The second kappa shape index (κ2) is 9.51. The van der Waals surface area contributed by atoms with E-state index in [1.54, 1.807) is 30.3 Å². The first kappa shape index (κ1) is 22.6. The highest BCUT2D eigenvalue weighted by molar-refractivity contribution is 6.46. The Kier molecular flexibility index (Phi) is 6.52. The maximum absolute atomic E-state index is 13.6. The minimum atomic E-state index is -0.411. The van der Waals surface area contributed by atoms with Crippen molar-refractivity contribution in [2.75, 3.05) is 16.8 Å². The maximum Gasteiger partial charge on any atom is 0.282 e.